The first kappa shape index (κ1) is 16.0. The van der Waals surface area contributed by atoms with Crippen LogP contribution in [0.2, 0.25) is 0 Å². The van der Waals surface area contributed by atoms with Gasteiger partial charge in [-0.05, 0) is 36.3 Å². The molecule has 0 aliphatic heterocycles. The molecule has 0 saturated carbocycles. The van der Waals surface area contributed by atoms with Crippen LogP contribution in [0, 0.1) is 6.92 Å². The van der Waals surface area contributed by atoms with Crippen molar-refractivity contribution in [3.63, 3.8) is 0 Å². The van der Waals surface area contributed by atoms with Crippen molar-refractivity contribution < 1.29 is 9.90 Å². The number of halogens is 1. The van der Waals surface area contributed by atoms with Crippen molar-refractivity contribution in [1.29, 1.82) is 0 Å². The van der Waals surface area contributed by atoms with Gasteiger partial charge < -0.3 is 14.9 Å². The van der Waals surface area contributed by atoms with Gasteiger partial charge in [0.2, 0.25) is 0 Å². The van der Waals surface area contributed by atoms with Gasteiger partial charge in [0.05, 0.1) is 21.9 Å². The van der Waals surface area contributed by atoms with Crippen LogP contribution in [-0.2, 0) is 0 Å². The zero-order valence-corrected chi connectivity index (χ0v) is 13.4. The standard InChI is InChI=1S/C18H13ClN2O3/c1-10-2-4-11(5-3-10)8-14(19)16-20-15-9-12(18(23)24)6-7-13(15)17(22)21-16/h2-9H,1H3,(H,23,24)(H,20,21,22)/p-1/b14-8-. The van der Waals surface area contributed by atoms with Gasteiger partial charge in [0.15, 0.2) is 5.82 Å². The molecule has 5 nitrogen and oxygen atoms in total. The first-order chi connectivity index (χ1) is 11.4. The molecule has 0 aliphatic rings. The first-order valence-electron chi connectivity index (χ1n) is 7.14. The third-order valence-corrected chi connectivity index (χ3v) is 3.83. The highest BCUT2D eigenvalue weighted by molar-refractivity contribution is 6.50. The number of hydrogen-bond acceptors (Lipinski definition) is 4. The third kappa shape index (κ3) is 3.21. The monoisotopic (exact) mass is 339 g/mol. The van der Waals surface area contributed by atoms with Crippen molar-refractivity contribution in [3.8, 4) is 0 Å². The van der Waals surface area contributed by atoms with E-state index in [1.54, 1.807) is 6.08 Å². The van der Waals surface area contributed by atoms with Crippen LogP contribution in [0.25, 0.3) is 22.0 Å². The van der Waals surface area contributed by atoms with Crippen LogP contribution in [-0.4, -0.2) is 15.9 Å². The quantitative estimate of drug-likeness (QED) is 0.793. The van der Waals surface area contributed by atoms with Gasteiger partial charge in [-0.25, -0.2) is 4.98 Å². The number of aromatic nitrogens is 2. The fraction of sp³-hybridized carbons (Fsp3) is 0.0556. The molecule has 0 saturated heterocycles. The van der Waals surface area contributed by atoms with Crippen LogP contribution in [0.3, 0.4) is 0 Å². The molecule has 120 valence electrons. The van der Waals surface area contributed by atoms with E-state index in [0.717, 1.165) is 11.1 Å². The number of carboxylic acids is 1. The molecule has 1 aromatic heterocycles. The number of fused-ring (bicyclic) bond motifs is 1. The number of rotatable bonds is 3. The van der Waals surface area contributed by atoms with Crippen molar-refractivity contribution in [2.75, 3.05) is 0 Å². The molecule has 1 N–H and O–H groups in total. The SMILES string of the molecule is Cc1ccc(/C=C(\Cl)c2nc3cc(C(=O)[O-])ccc3c(=O)[nH]2)cc1. The molecule has 0 radical (unpaired) electrons. The van der Waals surface area contributed by atoms with E-state index in [1.807, 2.05) is 31.2 Å². The molecular formula is C18H12ClN2O3-. The van der Waals surface area contributed by atoms with Gasteiger partial charge in [-0.15, -0.1) is 0 Å². The molecule has 6 heteroatoms. The van der Waals surface area contributed by atoms with E-state index < -0.39 is 11.5 Å². The van der Waals surface area contributed by atoms with Crippen molar-refractivity contribution >= 4 is 39.6 Å². The molecule has 3 aromatic rings. The van der Waals surface area contributed by atoms with E-state index in [2.05, 4.69) is 9.97 Å². The number of hydrogen-bond donors (Lipinski definition) is 1. The van der Waals surface area contributed by atoms with Crippen molar-refractivity contribution in [2.45, 2.75) is 6.92 Å². The number of carbonyl (C=O) groups excluding carboxylic acids is 1. The zero-order chi connectivity index (χ0) is 17.3. The topological polar surface area (TPSA) is 85.9 Å². The lowest BCUT2D eigenvalue weighted by molar-refractivity contribution is -0.255. The molecule has 0 fully saturated rings. The molecule has 0 unspecified atom stereocenters. The summed E-state index contributed by atoms with van der Waals surface area (Å²) in [4.78, 5) is 29.9. The van der Waals surface area contributed by atoms with E-state index in [9.17, 15) is 14.7 Å². The van der Waals surface area contributed by atoms with Gasteiger partial charge in [-0.1, -0.05) is 47.5 Å². The Kier molecular flexibility index (Phi) is 4.18. The van der Waals surface area contributed by atoms with Crippen LogP contribution in [0.4, 0.5) is 0 Å². The van der Waals surface area contributed by atoms with Crippen LogP contribution in [0.5, 0.6) is 0 Å². The molecule has 0 spiro atoms. The van der Waals surface area contributed by atoms with Crippen LogP contribution in [0.15, 0.2) is 47.3 Å². The van der Waals surface area contributed by atoms with Crippen LogP contribution >= 0.6 is 11.6 Å². The number of aromatic amines is 1. The number of nitrogens with one attached hydrogen (secondary N) is 1. The summed E-state index contributed by atoms with van der Waals surface area (Å²) in [6, 6.07) is 11.7. The van der Waals surface area contributed by atoms with Gasteiger partial charge in [0.1, 0.15) is 0 Å². The number of nitrogens with zero attached hydrogens (tertiary/aromatic N) is 1. The second-order valence-corrected chi connectivity index (χ2v) is 5.74. The highest BCUT2D eigenvalue weighted by atomic mass is 35.5. The minimum atomic E-state index is -1.33. The van der Waals surface area contributed by atoms with Crippen molar-refractivity contribution in [1.82, 2.24) is 9.97 Å². The van der Waals surface area contributed by atoms with E-state index >= 15 is 0 Å². The number of aryl methyl sites for hydroxylation is 1. The highest BCUT2D eigenvalue weighted by Gasteiger charge is 2.08. The fourth-order valence-electron chi connectivity index (χ4n) is 2.26. The Bertz CT molecular complexity index is 1020. The van der Waals surface area contributed by atoms with Crippen molar-refractivity contribution in [3.05, 3.63) is 75.3 Å². The highest BCUT2D eigenvalue weighted by Crippen LogP contribution is 2.20. The number of H-pyrrole nitrogens is 1. The summed E-state index contributed by atoms with van der Waals surface area (Å²) >= 11 is 6.26. The lowest BCUT2D eigenvalue weighted by Crippen LogP contribution is -2.22. The predicted octanol–water partition coefficient (Wildman–Crippen LogP) is 2.33. The largest absolute Gasteiger partial charge is 0.545 e. The lowest BCUT2D eigenvalue weighted by atomic mass is 10.1. The predicted molar refractivity (Wildman–Crippen MR) is 91.6 cm³/mol. The Labute approximate surface area is 142 Å². The summed E-state index contributed by atoms with van der Waals surface area (Å²) in [5, 5.41) is 11.5. The lowest BCUT2D eigenvalue weighted by Gasteiger charge is -2.05. The van der Waals surface area contributed by atoms with Gasteiger partial charge in [-0.2, -0.15) is 0 Å². The number of carbonyl (C=O) groups is 1. The molecule has 0 amide bonds. The summed E-state index contributed by atoms with van der Waals surface area (Å²) in [6.45, 7) is 1.98. The van der Waals surface area contributed by atoms with E-state index in [-0.39, 0.29) is 27.3 Å². The number of aromatic carboxylic acids is 1. The minimum absolute atomic E-state index is 0.0508. The summed E-state index contributed by atoms with van der Waals surface area (Å²) in [6.07, 6.45) is 1.67. The number of benzene rings is 2. The second kappa shape index (κ2) is 6.29. The van der Waals surface area contributed by atoms with Crippen LogP contribution < -0.4 is 10.7 Å². The van der Waals surface area contributed by atoms with Crippen molar-refractivity contribution in [2.24, 2.45) is 0 Å². The maximum absolute atomic E-state index is 12.1. The maximum Gasteiger partial charge on any atom is 0.259 e. The summed E-state index contributed by atoms with van der Waals surface area (Å²) in [7, 11) is 0. The first-order valence-corrected chi connectivity index (χ1v) is 7.51. The fourth-order valence-corrected chi connectivity index (χ4v) is 2.47. The van der Waals surface area contributed by atoms with Crippen LogP contribution in [0.1, 0.15) is 27.3 Å². The third-order valence-electron chi connectivity index (χ3n) is 3.54. The van der Waals surface area contributed by atoms with Gasteiger partial charge in [0, 0.05) is 0 Å². The molecular weight excluding hydrogens is 328 g/mol. The molecule has 24 heavy (non-hydrogen) atoms. The van der Waals surface area contributed by atoms with E-state index in [0.29, 0.717) is 0 Å². The normalized spacial score (nSPS) is 11.7. The van der Waals surface area contributed by atoms with Gasteiger partial charge in [0.25, 0.3) is 5.56 Å². The van der Waals surface area contributed by atoms with E-state index in [1.165, 1.54) is 18.2 Å². The smallest absolute Gasteiger partial charge is 0.259 e. The Morgan fingerprint density at radius 2 is 1.92 bits per heavy atom. The number of carboxylic acid groups (broad SMARTS) is 1. The average Bonchev–Trinajstić information content (AvgIpc) is 2.56. The molecule has 0 aliphatic carbocycles. The Balaban J connectivity index is 2.10. The average molecular weight is 340 g/mol. The summed E-state index contributed by atoms with van der Waals surface area (Å²) in [5.74, 6) is -1.16. The molecule has 1 heterocycles. The summed E-state index contributed by atoms with van der Waals surface area (Å²) < 4.78 is 0. The maximum atomic E-state index is 12.1. The molecule has 2 aromatic carbocycles. The van der Waals surface area contributed by atoms with Gasteiger partial charge >= 0.3 is 0 Å². The Morgan fingerprint density at radius 3 is 2.58 bits per heavy atom. The summed E-state index contributed by atoms with van der Waals surface area (Å²) in [5.41, 5.74) is 1.78. The molecule has 0 bridgehead atoms. The molecule has 0 atom stereocenters. The van der Waals surface area contributed by atoms with Gasteiger partial charge in [-0.3, -0.25) is 4.79 Å². The zero-order valence-electron chi connectivity index (χ0n) is 12.7. The minimum Gasteiger partial charge on any atom is -0.545 e. The second-order valence-electron chi connectivity index (χ2n) is 5.34. The van der Waals surface area contributed by atoms with E-state index in [4.69, 9.17) is 11.6 Å². The molecule has 3 rings (SSSR count). The Hall–Kier alpha value is -2.92. The Morgan fingerprint density at radius 1 is 1.21 bits per heavy atom.